The van der Waals surface area contributed by atoms with Crippen LogP contribution in [0.4, 0.5) is 26.3 Å². The molecule has 0 spiro atoms. The maximum atomic E-state index is 12.7. The van der Waals surface area contributed by atoms with E-state index in [-0.39, 0.29) is 6.07 Å². The van der Waals surface area contributed by atoms with Crippen molar-refractivity contribution in [3.63, 3.8) is 0 Å². The molecular formula is C12H4Cl2F6N2OS. The third-order valence-corrected chi connectivity index (χ3v) is 3.67. The molecule has 0 atom stereocenters. The first kappa shape index (κ1) is 18.8. The van der Waals surface area contributed by atoms with Crippen LogP contribution in [0.3, 0.4) is 0 Å². The van der Waals surface area contributed by atoms with Crippen LogP contribution in [0, 0.1) is 4.77 Å². The quantitative estimate of drug-likeness (QED) is 0.517. The van der Waals surface area contributed by atoms with Crippen molar-refractivity contribution in [1.82, 2.24) is 9.55 Å². The molecule has 130 valence electrons. The summed E-state index contributed by atoms with van der Waals surface area (Å²) in [6.45, 7) is 0. The monoisotopic (exact) mass is 408 g/mol. The average Bonchev–Trinajstić information content (AvgIpc) is 2.38. The highest BCUT2D eigenvalue weighted by Crippen LogP contribution is 2.37. The SMILES string of the molecule is O=c1cc(C(F)(F)F)[nH]c(=S)n1-c1c(Cl)cc(C(F)(F)F)cc1Cl. The van der Waals surface area contributed by atoms with Crippen molar-refractivity contribution in [1.29, 1.82) is 0 Å². The number of alkyl halides is 6. The lowest BCUT2D eigenvalue weighted by molar-refractivity contribution is -0.141. The standard InChI is InChI=1S/C12H4Cl2F6N2OS/c13-5-1-4(11(15,16)17)2-6(14)9(5)22-8(23)3-7(12(18,19)20)21-10(22)24/h1-3H,(H,21,24). The minimum atomic E-state index is -4.86. The van der Waals surface area contributed by atoms with Crippen LogP contribution in [0.25, 0.3) is 5.69 Å². The molecule has 0 amide bonds. The third-order valence-electron chi connectivity index (χ3n) is 2.81. The van der Waals surface area contributed by atoms with E-state index in [0.29, 0.717) is 16.7 Å². The van der Waals surface area contributed by atoms with Crippen LogP contribution in [0.2, 0.25) is 10.0 Å². The summed E-state index contributed by atoms with van der Waals surface area (Å²) in [6.07, 6.45) is -9.61. The minimum absolute atomic E-state index is 0.195. The van der Waals surface area contributed by atoms with Crippen molar-refractivity contribution in [3.05, 3.63) is 54.6 Å². The summed E-state index contributed by atoms with van der Waals surface area (Å²) in [5.41, 5.74) is -4.30. The molecule has 1 aromatic carbocycles. The molecule has 1 N–H and O–H groups in total. The molecule has 0 unspecified atom stereocenters. The van der Waals surface area contributed by atoms with Gasteiger partial charge in [-0.1, -0.05) is 23.2 Å². The molecule has 0 saturated carbocycles. The Morgan fingerprint density at radius 3 is 1.83 bits per heavy atom. The normalized spacial score (nSPS) is 12.5. The highest BCUT2D eigenvalue weighted by Gasteiger charge is 2.34. The molecule has 0 bridgehead atoms. The summed E-state index contributed by atoms with van der Waals surface area (Å²) in [6, 6.07) is 1.17. The Kier molecular flexibility index (Phi) is 4.77. The van der Waals surface area contributed by atoms with Crippen LogP contribution in [0.5, 0.6) is 0 Å². The summed E-state index contributed by atoms with van der Waals surface area (Å²) in [4.78, 5) is 13.7. The Balaban J connectivity index is 2.75. The Hall–Kier alpha value is -1.52. The van der Waals surface area contributed by atoms with E-state index in [0.717, 1.165) is 0 Å². The van der Waals surface area contributed by atoms with Crippen LogP contribution in [-0.2, 0) is 12.4 Å². The predicted octanol–water partition coefficient (Wildman–Crippen LogP) is 5.24. The van der Waals surface area contributed by atoms with Crippen molar-refractivity contribution in [2.24, 2.45) is 0 Å². The smallest absolute Gasteiger partial charge is 0.328 e. The summed E-state index contributed by atoms with van der Waals surface area (Å²) < 4.78 is 75.7. The lowest BCUT2D eigenvalue weighted by atomic mass is 10.2. The summed E-state index contributed by atoms with van der Waals surface area (Å²) in [7, 11) is 0. The molecule has 0 aliphatic carbocycles. The maximum Gasteiger partial charge on any atom is 0.431 e. The van der Waals surface area contributed by atoms with Crippen LogP contribution in [0.1, 0.15) is 11.3 Å². The van der Waals surface area contributed by atoms with E-state index in [1.807, 2.05) is 0 Å². The van der Waals surface area contributed by atoms with E-state index in [2.05, 4.69) is 12.2 Å². The predicted molar refractivity (Wildman–Crippen MR) is 77.2 cm³/mol. The molecule has 0 saturated heterocycles. The largest absolute Gasteiger partial charge is 0.431 e. The van der Waals surface area contributed by atoms with Gasteiger partial charge in [0.15, 0.2) is 4.77 Å². The Morgan fingerprint density at radius 1 is 0.958 bits per heavy atom. The number of aromatic amines is 1. The second kappa shape index (κ2) is 6.08. The van der Waals surface area contributed by atoms with E-state index in [1.54, 1.807) is 4.98 Å². The second-order valence-electron chi connectivity index (χ2n) is 4.45. The number of H-pyrrole nitrogens is 1. The van der Waals surface area contributed by atoms with E-state index >= 15 is 0 Å². The van der Waals surface area contributed by atoms with Crippen molar-refractivity contribution in [2.75, 3.05) is 0 Å². The molecule has 0 aliphatic rings. The second-order valence-corrected chi connectivity index (χ2v) is 5.65. The first-order chi connectivity index (χ1) is 10.8. The van der Waals surface area contributed by atoms with Crippen molar-refractivity contribution in [2.45, 2.75) is 12.4 Å². The molecule has 24 heavy (non-hydrogen) atoms. The molecular weight excluding hydrogens is 405 g/mol. The van der Waals surface area contributed by atoms with Gasteiger partial charge in [0, 0.05) is 6.07 Å². The molecule has 12 heteroatoms. The van der Waals surface area contributed by atoms with E-state index in [1.165, 1.54) is 0 Å². The fraction of sp³-hybridized carbons (Fsp3) is 0.167. The van der Waals surface area contributed by atoms with Crippen LogP contribution >= 0.6 is 35.4 Å². The zero-order chi connectivity index (χ0) is 18.4. The van der Waals surface area contributed by atoms with E-state index in [4.69, 9.17) is 23.2 Å². The Bertz CT molecular complexity index is 861. The molecule has 1 heterocycles. The van der Waals surface area contributed by atoms with Gasteiger partial charge in [0.2, 0.25) is 0 Å². The first-order valence-corrected chi connectivity index (χ1v) is 6.99. The number of rotatable bonds is 1. The first-order valence-electron chi connectivity index (χ1n) is 5.82. The van der Waals surface area contributed by atoms with Crippen molar-refractivity contribution in [3.8, 4) is 5.69 Å². The Labute approximate surface area is 144 Å². The zero-order valence-corrected chi connectivity index (χ0v) is 13.3. The van der Waals surface area contributed by atoms with Gasteiger partial charge in [-0.05, 0) is 24.4 Å². The Morgan fingerprint density at radius 2 is 1.46 bits per heavy atom. The van der Waals surface area contributed by atoms with Crippen molar-refractivity contribution < 1.29 is 26.3 Å². The van der Waals surface area contributed by atoms with Gasteiger partial charge in [0.05, 0.1) is 21.3 Å². The lowest BCUT2D eigenvalue weighted by Gasteiger charge is -2.15. The summed E-state index contributed by atoms with van der Waals surface area (Å²) in [5, 5.41) is -1.20. The third kappa shape index (κ3) is 3.60. The number of nitrogens with one attached hydrogen (secondary N) is 1. The van der Waals surface area contributed by atoms with Gasteiger partial charge in [0.1, 0.15) is 5.69 Å². The summed E-state index contributed by atoms with van der Waals surface area (Å²) >= 11 is 16.1. The molecule has 0 radical (unpaired) electrons. The molecule has 2 rings (SSSR count). The fourth-order valence-electron chi connectivity index (χ4n) is 1.80. The number of hydrogen-bond donors (Lipinski definition) is 1. The number of nitrogens with zero attached hydrogens (tertiary/aromatic N) is 1. The van der Waals surface area contributed by atoms with Crippen LogP contribution in [-0.4, -0.2) is 9.55 Å². The average molecular weight is 409 g/mol. The van der Waals surface area contributed by atoms with Crippen molar-refractivity contribution >= 4 is 35.4 Å². The van der Waals surface area contributed by atoms with Gasteiger partial charge < -0.3 is 4.98 Å². The molecule has 1 aromatic heterocycles. The van der Waals surface area contributed by atoms with Gasteiger partial charge >= 0.3 is 12.4 Å². The fourth-order valence-corrected chi connectivity index (χ4v) is 2.75. The number of halogens is 8. The molecule has 2 aromatic rings. The maximum absolute atomic E-state index is 12.7. The highest BCUT2D eigenvalue weighted by molar-refractivity contribution is 7.71. The highest BCUT2D eigenvalue weighted by atomic mass is 35.5. The van der Waals surface area contributed by atoms with Gasteiger partial charge in [-0.15, -0.1) is 0 Å². The van der Waals surface area contributed by atoms with E-state index < -0.39 is 49.7 Å². The van der Waals surface area contributed by atoms with Gasteiger partial charge in [-0.25, -0.2) is 0 Å². The lowest BCUT2D eigenvalue weighted by Crippen LogP contribution is -2.24. The van der Waals surface area contributed by atoms with Crippen LogP contribution < -0.4 is 5.56 Å². The number of benzene rings is 1. The summed E-state index contributed by atoms with van der Waals surface area (Å²) in [5.74, 6) is 0. The molecule has 3 nitrogen and oxygen atoms in total. The minimum Gasteiger partial charge on any atom is -0.328 e. The van der Waals surface area contributed by atoms with Gasteiger partial charge in [0.25, 0.3) is 5.56 Å². The van der Waals surface area contributed by atoms with E-state index in [9.17, 15) is 31.1 Å². The van der Waals surface area contributed by atoms with Gasteiger partial charge in [-0.3, -0.25) is 9.36 Å². The zero-order valence-electron chi connectivity index (χ0n) is 11.0. The van der Waals surface area contributed by atoms with Crippen LogP contribution in [0.15, 0.2) is 23.0 Å². The number of aromatic nitrogens is 2. The topological polar surface area (TPSA) is 37.8 Å². The van der Waals surface area contributed by atoms with Gasteiger partial charge in [-0.2, -0.15) is 26.3 Å². The molecule has 0 aliphatic heterocycles. The molecule has 0 fully saturated rings. The number of hydrogen-bond acceptors (Lipinski definition) is 2.